The van der Waals surface area contributed by atoms with Crippen molar-refractivity contribution in [3.63, 3.8) is 0 Å². The fraction of sp³-hybridized carbons (Fsp3) is 0.524. The summed E-state index contributed by atoms with van der Waals surface area (Å²) in [6, 6.07) is 7.54. The molecular weight excluding hydrogens is 394 g/mol. The molecule has 8 heteroatoms. The molecule has 0 atom stereocenters. The number of primary amides is 1. The molecule has 1 aliphatic carbocycles. The maximum atomic E-state index is 12.7. The number of hydroxylamine groups is 1. The van der Waals surface area contributed by atoms with E-state index in [1.54, 1.807) is 4.90 Å². The van der Waals surface area contributed by atoms with Crippen LogP contribution in [0.5, 0.6) is 0 Å². The highest BCUT2D eigenvalue weighted by molar-refractivity contribution is 6.30. The van der Waals surface area contributed by atoms with E-state index >= 15 is 0 Å². The second-order valence-corrected chi connectivity index (χ2v) is 8.54. The van der Waals surface area contributed by atoms with Gasteiger partial charge in [-0.25, -0.2) is 4.79 Å². The second-order valence-electron chi connectivity index (χ2n) is 8.11. The summed E-state index contributed by atoms with van der Waals surface area (Å²) in [6.07, 6.45) is 6.61. The number of piperidine rings is 1. The van der Waals surface area contributed by atoms with Crippen molar-refractivity contribution in [2.75, 3.05) is 13.1 Å². The summed E-state index contributed by atoms with van der Waals surface area (Å²) in [5, 5.41) is 0.682. The van der Waals surface area contributed by atoms with E-state index in [-0.39, 0.29) is 0 Å². The molecule has 0 bridgehead atoms. The van der Waals surface area contributed by atoms with Gasteiger partial charge in [0.15, 0.2) is 5.60 Å². The molecule has 1 saturated carbocycles. The zero-order chi connectivity index (χ0) is 20.5. The number of hydrogen-bond acceptors (Lipinski definition) is 5. The van der Waals surface area contributed by atoms with Crippen LogP contribution in [-0.4, -0.2) is 41.2 Å². The molecule has 2 aliphatic heterocycles. The predicted molar refractivity (Wildman–Crippen MR) is 109 cm³/mol. The quantitative estimate of drug-likeness (QED) is 0.783. The Balaban J connectivity index is 1.38. The smallest absolute Gasteiger partial charge is 0.410 e. The van der Waals surface area contributed by atoms with Crippen LogP contribution >= 0.6 is 11.6 Å². The van der Waals surface area contributed by atoms with Gasteiger partial charge in [-0.3, -0.25) is 15.1 Å². The van der Waals surface area contributed by atoms with Gasteiger partial charge in [-0.1, -0.05) is 30.2 Å². The number of halogens is 1. The number of amides is 2. The van der Waals surface area contributed by atoms with Gasteiger partial charge in [-0.15, -0.1) is 0 Å². The van der Waals surface area contributed by atoms with Crippen LogP contribution in [0.1, 0.15) is 50.5 Å². The van der Waals surface area contributed by atoms with Crippen LogP contribution in [0.25, 0.3) is 5.70 Å². The molecule has 4 rings (SSSR count). The molecule has 156 valence electrons. The van der Waals surface area contributed by atoms with Crippen LogP contribution in [0.4, 0.5) is 4.79 Å². The number of carbonyl (C=O) groups is 2. The van der Waals surface area contributed by atoms with Crippen LogP contribution in [0.15, 0.2) is 30.3 Å². The van der Waals surface area contributed by atoms with E-state index in [1.807, 2.05) is 24.3 Å². The lowest BCUT2D eigenvalue weighted by atomic mass is 9.84. The Labute approximate surface area is 175 Å². The van der Waals surface area contributed by atoms with Crippen molar-refractivity contribution in [3.8, 4) is 0 Å². The number of likely N-dealkylation sites (tertiary alicyclic amines) is 1. The third kappa shape index (κ3) is 4.07. The Kier molecular flexibility index (Phi) is 5.44. The first-order chi connectivity index (χ1) is 13.9. The molecule has 1 aromatic carbocycles. The SMILES string of the molecule is NC(=O)C1(OC(=O)N2CCC3(C=C(c4ccc(Cl)cc4)NO3)CC2)CCCCC1. The summed E-state index contributed by atoms with van der Waals surface area (Å²) in [5.74, 6) is -0.544. The zero-order valence-corrected chi connectivity index (χ0v) is 17.0. The first kappa shape index (κ1) is 20.0. The minimum atomic E-state index is -1.16. The first-order valence-corrected chi connectivity index (χ1v) is 10.5. The molecule has 1 saturated heterocycles. The minimum Gasteiger partial charge on any atom is -0.433 e. The molecule has 0 unspecified atom stereocenters. The van der Waals surface area contributed by atoms with E-state index in [9.17, 15) is 9.59 Å². The summed E-state index contributed by atoms with van der Waals surface area (Å²) in [4.78, 5) is 32.2. The molecule has 7 nitrogen and oxygen atoms in total. The number of nitrogens with one attached hydrogen (secondary N) is 1. The Morgan fingerprint density at radius 1 is 1.07 bits per heavy atom. The minimum absolute atomic E-state index is 0.460. The van der Waals surface area contributed by atoms with Gasteiger partial charge in [0, 0.05) is 31.0 Å². The van der Waals surface area contributed by atoms with Gasteiger partial charge in [0.2, 0.25) is 0 Å². The molecule has 0 radical (unpaired) electrons. The van der Waals surface area contributed by atoms with Gasteiger partial charge >= 0.3 is 6.09 Å². The van der Waals surface area contributed by atoms with E-state index in [2.05, 4.69) is 11.6 Å². The molecule has 0 aromatic heterocycles. The van der Waals surface area contributed by atoms with Gasteiger partial charge < -0.3 is 15.4 Å². The Bertz CT molecular complexity index is 810. The molecule has 2 heterocycles. The summed E-state index contributed by atoms with van der Waals surface area (Å²) in [6.45, 7) is 0.972. The van der Waals surface area contributed by atoms with Crippen LogP contribution in [-0.2, 0) is 14.4 Å². The number of ether oxygens (including phenoxy) is 1. The maximum absolute atomic E-state index is 12.7. The fourth-order valence-electron chi connectivity index (χ4n) is 4.32. The summed E-state index contributed by atoms with van der Waals surface area (Å²) in [5.41, 5.74) is 8.86. The second kappa shape index (κ2) is 7.88. The highest BCUT2D eigenvalue weighted by Crippen LogP contribution is 2.36. The van der Waals surface area contributed by atoms with E-state index in [1.165, 1.54) is 0 Å². The van der Waals surface area contributed by atoms with Gasteiger partial charge in [-0.05, 0) is 49.5 Å². The number of carbonyl (C=O) groups excluding carboxylic acids is 2. The van der Waals surface area contributed by atoms with Gasteiger partial charge in [0.1, 0.15) is 5.60 Å². The van der Waals surface area contributed by atoms with E-state index in [0.717, 1.165) is 30.5 Å². The highest BCUT2D eigenvalue weighted by atomic mass is 35.5. The average molecular weight is 420 g/mol. The molecule has 29 heavy (non-hydrogen) atoms. The van der Waals surface area contributed by atoms with Gasteiger partial charge in [0.25, 0.3) is 5.91 Å². The summed E-state index contributed by atoms with van der Waals surface area (Å²) >= 11 is 5.96. The number of rotatable bonds is 3. The Morgan fingerprint density at radius 3 is 2.34 bits per heavy atom. The maximum Gasteiger partial charge on any atom is 0.410 e. The van der Waals surface area contributed by atoms with Crippen LogP contribution in [0, 0.1) is 0 Å². The van der Waals surface area contributed by atoms with Crippen molar-refractivity contribution in [2.45, 2.75) is 56.1 Å². The molecule has 1 spiro atoms. The number of benzene rings is 1. The van der Waals surface area contributed by atoms with Gasteiger partial charge in [-0.2, -0.15) is 0 Å². The highest BCUT2D eigenvalue weighted by Gasteiger charge is 2.45. The lowest BCUT2D eigenvalue weighted by molar-refractivity contribution is -0.142. The van der Waals surface area contributed by atoms with Crippen LogP contribution in [0.2, 0.25) is 5.02 Å². The number of hydrogen-bond donors (Lipinski definition) is 2. The number of nitrogens with two attached hydrogens (primary N) is 1. The van der Waals surface area contributed by atoms with Crippen LogP contribution < -0.4 is 11.2 Å². The van der Waals surface area contributed by atoms with Crippen LogP contribution in [0.3, 0.4) is 0 Å². The van der Waals surface area contributed by atoms with Crippen molar-refractivity contribution in [1.29, 1.82) is 0 Å². The Hall–Kier alpha value is -2.25. The molecular formula is C21H26ClN3O4. The zero-order valence-electron chi connectivity index (χ0n) is 16.3. The standard InChI is InChI=1S/C21H26ClN3O4/c22-16-6-4-15(5-7-16)17-14-20(29-24-17)10-12-25(13-11-20)19(27)28-21(18(23)26)8-2-1-3-9-21/h4-7,14,24H,1-3,8-13H2,(H2,23,26). The summed E-state index contributed by atoms with van der Waals surface area (Å²) in [7, 11) is 0. The van der Waals surface area contributed by atoms with Gasteiger partial charge in [0.05, 0.1) is 5.70 Å². The normalized spacial score (nSPS) is 22.7. The van der Waals surface area contributed by atoms with E-state index in [0.29, 0.717) is 43.8 Å². The lowest BCUT2D eigenvalue weighted by Gasteiger charge is -2.39. The molecule has 2 amide bonds. The molecule has 3 aliphatic rings. The Morgan fingerprint density at radius 2 is 1.72 bits per heavy atom. The van der Waals surface area contributed by atoms with E-state index in [4.69, 9.17) is 26.9 Å². The third-order valence-corrected chi connectivity index (χ3v) is 6.44. The van der Waals surface area contributed by atoms with E-state index < -0.39 is 23.2 Å². The molecule has 3 N–H and O–H groups in total. The van der Waals surface area contributed by atoms with Crippen molar-refractivity contribution in [2.24, 2.45) is 5.73 Å². The third-order valence-electron chi connectivity index (χ3n) is 6.19. The summed E-state index contributed by atoms with van der Waals surface area (Å²) < 4.78 is 5.66. The van der Waals surface area contributed by atoms with Crippen molar-refractivity contribution < 1.29 is 19.2 Å². The predicted octanol–water partition coefficient (Wildman–Crippen LogP) is 3.38. The lowest BCUT2D eigenvalue weighted by Crippen LogP contribution is -2.53. The topological polar surface area (TPSA) is 93.9 Å². The largest absolute Gasteiger partial charge is 0.433 e. The fourth-order valence-corrected chi connectivity index (χ4v) is 4.44. The van der Waals surface area contributed by atoms with Crippen molar-refractivity contribution in [3.05, 3.63) is 40.9 Å². The monoisotopic (exact) mass is 419 g/mol. The molecule has 2 fully saturated rings. The first-order valence-electron chi connectivity index (χ1n) is 10.1. The number of nitrogens with zero attached hydrogens (tertiary/aromatic N) is 1. The van der Waals surface area contributed by atoms with Crippen molar-refractivity contribution in [1.82, 2.24) is 10.4 Å². The molecule has 1 aromatic rings. The van der Waals surface area contributed by atoms with Crippen molar-refractivity contribution >= 4 is 29.3 Å². The average Bonchev–Trinajstić information content (AvgIpc) is 3.13.